The van der Waals surface area contributed by atoms with Crippen LogP contribution in [-0.2, 0) is 6.54 Å². The molecule has 0 saturated heterocycles. The Labute approximate surface area is 110 Å². The number of nitrogens with zero attached hydrogens (tertiary/aromatic N) is 2. The molecule has 1 fully saturated rings. The molecule has 2 rings (SSSR count). The number of hydrogen-bond donors (Lipinski definition) is 2. The lowest BCUT2D eigenvalue weighted by atomic mass is 9.80. The maximum Gasteiger partial charge on any atom is 0.148 e. The van der Waals surface area contributed by atoms with Crippen LogP contribution in [0.5, 0.6) is 0 Å². The van der Waals surface area contributed by atoms with E-state index >= 15 is 0 Å². The normalized spacial score (nSPS) is 19.4. The number of nitrogens with two attached hydrogens (primary N) is 1. The maximum absolute atomic E-state index is 6.04. The van der Waals surface area contributed by atoms with E-state index in [0.29, 0.717) is 0 Å². The Bertz CT molecular complexity index is 350. The van der Waals surface area contributed by atoms with Crippen molar-refractivity contribution in [2.75, 3.05) is 18.4 Å². The van der Waals surface area contributed by atoms with Crippen molar-refractivity contribution in [2.45, 2.75) is 52.0 Å². The van der Waals surface area contributed by atoms with Gasteiger partial charge in [-0.3, -0.25) is 4.68 Å². The van der Waals surface area contributed by atoms with Crippen LogP contribution < -0.4 is 11.1 Å². The summed E-state index contributed by atoms with van der Waals surface area (Å²) in [5.74, 6) is 0.980. The van der Waals surface area contributed by atoms with E-state index < -0.39 is 0 Å². The highest BCUT2D eigenvalue weighted by Crippen LogP contribution is 2.34. The highest BCUT2D eigenvalue weighted by atomic mass is 15.3. The summed E-state index contributed by atoms with van der Waals surface area (Å²) in [5.41, 5.74) is 6.32. The van der Waals surface area contributed by atoms with E-state index in [4.69, 9.17) is 5.73 Å². The Balaban J connectivity index is 1.93. The molecule has 1 aromatic heterocycles. The molecule has 1 heterocycles. The second kappa shape index (κ2) is 6.23. The molecule has 1 aliphatic rings. The minimum atomic E-state index is 0.284. The number of hydrogen-bond acceptors (Lipinski definition) is 3. The second-order valence-corrected chi connectivity index (χ2v) is 5.53. The van der Waals surface area contributed by atoms with Crippen LogP contribution in [0.4, 0.5) is 5.82 Å². The first-order valence-corrected chi connectivity index (χ1v) is 7.25. The SMILES string of the molecule is CCn1ccc(NCC2(CN)CCCCCC2)n1. The van der Waals surface area contributed by atoms with Crippen LogP contribution in [0.2, 0.25) is 0 Å². The fourth-order valence-electron chi connectivity index (χ4n) is 2.84. The first-order valence-electron chi connectivity index (χ1n) is 7.25. The third kappa shape index (κ3) is 3.25. The fraction of sp³-hybridized carbons (Fsp3) is 0.786. The van der Waals surface area contributed by atoms with Crippen molar-refractivity contribution in [1.29, 1.82) is 0 Å². The summed E-state index contributed by atoms with van der Waals surface area (Å²) in [4.78, 5) is 0. The lowest BCUT2D eigenvalue weighted by Gasteiger charge is -2.31. The Hall–Kier alpha value is -1.03. The Morgan fingerprint density at radius 3 is 2.61 bits per heavy atom. The Kier molecular flexibility index (Phi) is 4.64. The molecular formula is C14H26N4. The average Bonchev–Trinajstić information content (AvgIpc) is 2.74. The van der Waals surface area contributed by atoms with Crippen LogP contribution in [-0.4, -0.2) is 22.9 Å². The van der Waals surface area contributed by atoms with Crippen LogP contribution in [0.15, 0.2) is 12.3 Å². The van der Waals surface area contributed by atoms with Crippen molar-refractivity contribution in [3.8, 4) is 0 Å². The quantitative estimate of drug-likeness (QED) is 0.790. The molecule has 1 aromatic rings. The topological polar surface area (TPSA) is 55.9 Å². The molecule has 4 heteroatoms. The van der Waals surface area contributed by atoms with Gasteiger partial charge in [0.05, 0.1) is 0 Å². The van der Waals surface area contributed by atoms with Crippen molar-refractivity contribution in [2.24, 2.45) is 11.1 Å². The molecule has 0 spiro atoms. The summed E-state index contributed by atoms with van der Waals surface area (Å²) in [5, 5.41) is 7.94. The molecule has 1 aliphatic carbocycles. The van der Waals surface area contributed by atoms with Crippen LogP contribution in [0.25, 0.3) is 0 Å². The van der Waals surface area contributed by atoms with Crippen LogP contribution in [0.1, 0.15) is 45.4 Å². The first-order chi connectivity index (χ1) is 8.78. The van der Waals surface area contributed by atoms with E-state index in [1.807, 2.05) is 16.9 Å². The first kappa shape index (κ1) is 13.4. The van der Waals surface area contributed by atoms with Gasteiger partial charge in [-0.15, -0.1) is 0 Å². The monoisotopic (exact) mass is 250 g/mol. The van der Waals surface area contributed by atoms with Crippen LogP contribution in [0, 0.1) is 5.41 Å². The molecule has 0 bridgehead atoms. The standard InChI is InChI=1S/C14H26N4/c1-2-18-10-7-13(17-18)16-12-14(11-15)8-5-3-4-6-9-14/h7,10H,2-6,8-9,11-12,15H2,1H3,(H,16,17). The molecule has 0 radical (unpaired) electrons. The zero-order valence-electron chi connectivity index (χ0n) is 11.5. The molecule has 0 atom stereocenters. The highest BCUT2D eigenvalue weighted by molar-refractivity contribution is 5.32. The Morgan fingerprint density at radius 1 is 1.33 bits per heavy atom. The zero-order chi connectivity index (χ0) is 12.8. The largest absolute Gasteiger partial charge is 0.368 e. The number of aromatic nitrogens is 2. The minimum absolute atomic E-state index is 0.284. The third-order valence-electron chi connectivity index (χ3n) is 4.21. The van der Waals surface area contributed by atoms with E-state index in [9.17, 15) is 0 Å². The molecule has 4 nitrogen and oxygen atoms in total. The van der Waals surface area contributed by atoms with Crippen molar-refractivity contribution in [1.82, 2.24) is 9.78 Å². The summed E-state index contributed by atoms with van der Waals surface area (Å²) in [6.45, 7) is 4.77. The summed E-state index contributed by atoms with van der Waals surface area (Å²) in [7, 11) is 0. The summed E-state index contributed by atoms with van der Waals surface area (Å²) >= 11 is 0. The predicted octanol–water partition coefficient (Wildman–Crippen LogP) is 2.61. The van der Waals surface area contributed by atoms with Gasteiger partial charge in [0.25, 0.3) is 0 Å². The number of rotatable bonds is 5. The van der Waals surface area contributed by atoms with Gasteiger partial charge in [0.2, 0.25) is 0 Å². The van der Waals surface area contributed by atoms with Gasteiger partial charge in [0.1, 0.15) is 5.82 Å². The average molecular weight is 250 g/mol. The molecule has 18 heavy (non-hydrogen) atoms. The summed E-state index contributed by atoms with van der Waals surface area (Å²) in [6.07, 6.45) is 9.91. The second-order valence-electron chi connectivity index (χ2n) is 5.53. The van der Waals surface area contributed by atoms with Gasteiger partial charge >= 0.3 is 0 Å². The van der Waals surface area contributed by atoms with Gasteiger partial charge in [-0.2, -0.15) is 5.10 Å². The summed E-state index contributed by atoms with van der Waals surface area (Å²) < 4.78 is 1.95. The van der Waals surface area contributed by atoms with Gasteiger partial charge in [-0.05, 0) is 31.7 Å². The summed E-state index contributed by atoms with van der Waals surface area (Å²) in [6, 6.07) is 2.05. The number of anilines is 1. The smallest absolute Gasteiger partial charge is 0.148 e. The van der Waals surface area contributed by atoms with E-state index in [-0.39, 0.29) is 5.41 Å². The van der Waals surface area contributed by atoms with E-state index in [0.717, 1.165) is 25.5 Å². The van der Waals surface area contributed by atoms with Crippen LogP contribution >= 0.6 is 0 Å². The molecule has 0 aromatic carbocycles. The van der Waals surface area contributed by atoms with Crippen molar-refractivity contribution in [3.05, 3.63) is 12.3 Å². The molecule has 1 saturated carbocycles. The molecule has 3 N–H and O–H groups in total. The molecule has 0 aliphatic heterocycles. The minimum Gasteiger partial charge on any atom is -0.368 e. The van der Waals surface area contributed by atoms with E-state index in [1.54, 1.807) is 0 Å². The molecule has 0 unspecified atom stereocenters. The zero-order valence-corrected chi connectivity index (χ0v) is 11.5. The fourth-order valence-corrected chi connectivity index (χ4v) is 2.84. The van der Waals surface area contributed by atoms with Gasteiger partial charge < -0.3 is 11.1 Å². The van der Waals surface area contributed by atoms with E-state index in [1.165, 1.54) is 38.5 Å². The molecular weight excluding hydrogens is 224 g/mol. The molecule has 0 amide bonds. The highest BCUT2D eigenvalue weighted by Gasteiger charge is 2.29. The third-order valence-corrected chi connectivity index (χ3v) is 4.21. The van der Waals surface area contributed by atoms with Gasteiger partial charge in [-0.25, -0.2) is 0 Å². The Morgan fingerprint density at radius 2 is 2.06 bits per heavy atom. The lowest BCUT2D eigenvalue weighted by Crippen LogP contribution is -2.37. The maximum atomic E-state index is 6.04. The predicted molar refractivity (Wildman–Crippen MR) is 75.6 cm³/mol. The lowest BCUT2D eigenvalue weighted by molar-refractivity contribution is 0.274. The van der Waals surface area contributed by atoms with Crippen molar-refractivity contribution < 1.29 is 0 Å². The van der Waals surface area contributed by atoms with Crippen molar-refractivity contribution in [3.63, 3.8) is 0 Å². The number of aryl methyl sites for hydroxylation is 1. The van der Waals surface area contributed by atoms with Crippen molar-refractivity contribution >= 4 is 5.82 Å². The van der Waals surface area contributed by atoms with Gasteiger partial charge in [-0.1, -0.05) is 25.7 Å². The van der Waals surface area contributed by atoms with Crippen LogP contribution in [0.3, 0.4) is 0 Å². The van der Waals surface area contributed by atoms with Gasteiger partial charge in [0.15, 0.2) is 0 Å². The van der Waals surface area contributed by atoms with E-state index in [2.05, 4.69) is 17.3 Å². The molecule has 102 valence electrons. The number of nitrogens with one attached hydrogen (secondary N) is 1. The van der Waals surface area contributed by atoms with Gasteiger partial charge in [0, 0.05) is 25.4 Å².